The molecule has 0 spiro atoms. The lowest BCUT2D eigenvalue weighted by Gasteiger charge is -2.12. The highest BCUT2D eigenvalue weighted by molar-refractivity contribution is 7.99. The van der Waals surface area contributed by atoms with E-state index in [1.54, 1.807) is 23.1 Å². The van der Waals surface area contributed by atoms with Crippen molar-refractivity contribution in [1.82, 2.24) is 25.4 Å². The maximum Gasteiger partial charge on any atom is 0.192 e. The SMILES string of the molecule is Cc1nnc(CN=C(NCCSc2ccc(Cl)cc2)NCc2cccs2)n1C. The van der Waals surface area contributed by atoms with E-state index in [1.165, 1.54) is 9.77 Å². The molecule has 2 aromatic heterocycles. The molecule has 6 nitrogen and oxygen atoms in total. The van der Waals surface area contributed by atoms with Gasteiger partial charge in [0, 0.05) is 34.1 Å². The predicted octanol–water partition coefficient (Wildman–Crippen LogP) is 3.87. The molecule has 2 N–H and O–H groups in total. The zero-order chi connectivity index (χ0) is 19.8. The highest BCUT2D eigenvalue weighted by Gasteiger charge is 2.06. The van der Waals surface area contributed by atoms with Crippen molar-refractivity contribution in [3.63, 3.8) is 0 Å². The minimum Gasteiger partial charge on any atom is -0.356 e. The lowest BCUT2D eigenvalue weighted by molar-refractivity contribution is 0.758. The largest absolute Gasteiger partial charge is 0.356 e. The molecule has 9 heteroatoms. The second-order valence-electron chi connectivity index (χ2n) is 6.05. The molecule has 0 atom stereocenters. The first-order valence-electron chi connectivity index (χ1n) is 8.89. The second-order valence-corrected chi connectivity index (χ2v) is 8.69. The van der Waals surface area contributed by atoms with Crippen LogP contribution in [0.2, 0.25) is 5.02 Å². The van der Waals surface area contributed by atoms with Crippen molar-refractivity contribution in [3.05, 3.63) is 63.3 Å². The molecule has 0 bridgehead atoms. The van der Waals surface area contributed by atoms with Crippen molar-refractivity contribution >= 4 is 40.7 Å². The molecule has 0 saturated heterocycles. The smallest absolute Gasteiger partial charge is 0.192 e. The van der Waals surface area contributed by atoms with Crippen molar-refractivity contribution in [2.45, 2.75) is 24.9 Å². The van der Waals surface area contributed by atoms with Crippen LogP contribution in [-0.2, 0) is 20.1 Å². The minimum atomic E-state index is 0.474. The van der Waals surface area contributed by atoms with Crippen LogP contribution in [0.4, 0.5) is 0 Å². The summed E-state index contributed by atoms with van der Waals surface area (Å²) in [4.78, 5) is 7.14. The summed E-state index contributed by atoms with van der Waals surface area (Å²) in [5, 5.41) is 17.9. The summed E-state index contributed by atoms with van der Waals surface area (Å²) >= 11 is 9.44. The molecule has 0 fully saturated rings. The lowest BCUT2D eigenvalue weighted by atomic mass is 10.4. The van der Waals surface area contributed by atoms with Gasteiger partial charge in [0.15, 0.2) is 11.8 Å². The third kappa shape index (κ3) is 6.25. The third-order valence-electron chi connectivity index (χ3n) is 4.05. The number of aromatic nitrogens is 3. The molecular formula is C19H23ClN6S2. The van der Waals surface area contributed by atoms with Gasteiger partial charge in [0.05, 0.1) is 6.54 Å². The van der Waals surface area contributed by atoms with Crippen LogP contribution in [0.3, 0.4) is 0 Å². The molecule has 0 unspecified atom stereocenters. The van der Waals surface area contributed by atoms with Crippen molar-refractivity contribution in [2.75, 3.05) is 12.3 Å². The fourth-order valence-electron chi connectivity index (χ4n) is 2.37. The van der Waals surface area contributed by atoms with Crippen molar-refractivity contribution in [1.29, 1.82) is 0 Å². The van der Waals surface area contributed by atoms with Crippen molar-refractivity contribution in [3.8, 4) is 0 Å². The Morgan fingerprint density at radius 1 is 1.21 bits per heavy atom. The average molecular weight is 435 g/mol. The molecule has 0 radical (unpaired) electrons. The molecule has 3 rings (SSSR count). The maximum atomic E-state index is 5.93. The number of nitrogens with one attached hydrogen (secondary N) is 2. The fourth-order valence-corrected chi connectivity index (χ4v) is 3.90. The van der Waals surface area contributed by atoms with Gasteiger partial charge in [-0.1, -0.05) is 17.7 Å². The number of aliphatic imine (C=N–C) groups is 1. The van der Waals surface area contributed by atoms with E-state index in [1.807, 2.05) is 42.8 Å². The molecule has 1 aromatic carbocycles. The van der Waals surface area contributed by atoms with Crippen LogP contribution in [0, 0.1) is 6.92 Å². The molecule has 0 aliphatic rings. The number of thiophene rings is 1. The summed E-state index contributed by atoms with van der Waals surface area (Å²) < 4.78 is 1.96. The maximum absolute atomic E-state index is 5.93. The van der Waals surface area contributed by atoms with Crippen LogP contribution in [-0.4, -0.2) is 33.0 Å². The van der Waals surface area contributed by atoms with Gasteiger partial charge < -0.3 is 15.2 Å². The van der Waals surface area contributed by atoms with Gasteiger partial charge in [0.25, 0.3) is 0 Å². The zero-order valence-corrected chi connectivity index (χ0v) is 18.2. The van der Waals surface area contributed by atoms with E-state index in [2.05, 4.69) is 43.3 Å². The van der Waals surface area contributed by atoms with Gasteiger partial charge in [0.1, 0.15) is 12.4 Å². The second kappa shape index (κ2) is 10.5. The Hall–Kier alpha value is -2.03. The van der Waals surface area contributed by atoms with E-state index < -0.39 is 0 Å². The van der Waals surface area contributed by atoms with Gasteiger partial charge in [0.2, 0.25) is 0 Å². The quantitative estimate of drug-likeness (QED) is 0.244. The highest BCUT2D eigenvalue weighted by atomic mass is 35.5. The minimum absolute atomic E-state index is 0.474. The van der Waals surface area contributed by atoms with Crippen LogP contribution in [0.15, 0.2) is 51.7 Å². The summed E-state index contributed by atoms with van der Waals surface area (Å²) in [5.41, 5.74) is 0. The fraction of sp³-hybridized carbons (Fsp3) is 0.316. The summed E-state index contributed by atoms with van der Waals surface area (Å²) in [7, 11) is 1.95. The van der Waals surface area contributed by atoms with Gasteiger partial charge in [-0.15, -0.1) is 33.3 Å². The predicted molar refractivity (Wildman–Crippen MR) is 118 cm³/mol. The highest BCUT2D eigenvalue weighted by Crippen LogP contribution is 2.19. The summed E-state index contributed by atoms with van der Waals surface area (Å²) in [6.45, 7) is 3.94. The normalized spacial score (nSPS) is 11.6. The molecule has 0 saturated carbocycles. The first-order chi connectivity index (χ1) is 13.6. The van der Waals surface area contributed by atoms with E-state index in [-0.39, 0.29) is 0 Å². The Morgan fingerprint density at radius 2 is 2.04 bits per heavy atom. The van der Waals surface area contributed by atoms with Gasteiger partial charge in [-0.05, 0) is 42.6 Å². The zero-order valence-electron chi connectivity index (χ0n) is 15.9. The van der Waals surface area contributed by atoms with Crippen LogP contribution in [0.25, 0.3) is 0 Å². The van der Waals surface area contributed by atoms with E-state index >= 15 is 0 Å². The number of benzene rings is 1. The molecule has 3 aromatic rings. The lowest BCUT2D eigenvalue weighted by Crippen LogP contribution is -2.38. The Bertz CT molecular complexity index is 890. The molecular weight excluding hydrogens is 412 g/mol. The monoisotopic (exact) mass is 434 g/mol. The first-order valence-corrected chi connectivity index (χ1v) is 11.1. The number of hydrogen-bond acceptors (Lipinski definition) is 5. The Balaban J connectivity index is 1.54. The standard InChI is InChI=1S/C19H23ClN6S2/c1-14-24-25-18(26(14)2)13-23-19(22-12-17-4-3-10-27-17)21-9-11-28-16-7-5-15(20)6-8-16/h3-8,10H,9,11-13H2,1-2H3,(H2,21,22,23). The van der Waals surface area contributed by atoms with Crippen molar-refractivity contribution < 1.29 is 0 Å². The number of hydrogen-bond donors (Lipinski definition) is 2. The van der Waals surface area contributed by atoms with Gasteiger partial charge in [-0.25, -0.2) is 4.99 Å². The van der Waals surface area contributed by atoms with E-state index in [0.29, 0.717) is 6.54 Å². The van der Waals surface area contributed by atoms with Crippen LogP contribution in [0.1, 0.15) is 16.5 Å². The first kappa shape index (κ1) is 20.7. The third-order valence-corrected chi connectivity index (χ3v) is 6.19. The number of aryl methyl sites for hydroxylation is 1. The summed E-state index contributed by atoms with van der Waals surface area (Å²) in [5.74, 6) is 3.41. The summed E-state index contributed by atoms with van der Waals surface area (Å²) in [6.07, 6.45) is 0. The Labute approximate surface area is 178 Å². The molecule has 0 aliphatic heterocycles. The number of nitrogens with zero attached hydrogens (tertiary/aromatic N) is 4. The van der Waals surface area contributed by atoms with Gasteiger partial charge in [-0.2, -0.15) is 0 Å². The number of guanidine groups is 1. The van der Waals surface area contributed by atoms with Crippen LogP contribution in [0.5, 0.6) is 0 Å². The van der Waals surface area contributed by atoms with E-state index in [9.17, 15) is 0 Å². The molecule has 0 aliphatic carbocycles. The molecule has 28 heavy (non-hydrogen) atoms. The van der Waals surface area contributed by atoms with Crippen molar-refractivity contribution in [2.24, 2.45) is 12.0 Å². The number of thioether (sulfide) groups is 1. The average Bonchev–Trinajstić information content (AvgIpc) is 3.33. The molecule has 148 valence electrons. The number of rotatable bonds is 8. The number of halogens is 1. The van der Waals surface area contributed by atoms with Gasteiger partial charge in [-0.3, -0.25) is 0 Å². The molecule has 2 heterocycles. The summed E-state index contributed by atoms with van der Waals surface area (Å²) in [6, 6.07) is 12.1. The Kier molecular flexibility index (Phi) is 7.76. The van der Waals surface area contributed by atoms with Crippen LogP contribution >= 0.6 is 34.7 Å². The van der Waals surface area contributed by atoms with E-state index in [4.69, 9.17) is 11.6 Å². The van der Waals surface area contributed by atoms with E-state index in [0.717, 1.165) is 41.5 Å². The van der Waals surface area contributed by atoms with Gasteiger partial charge >= 0.3 is 0 Å². The molecule has 0 amide bonds. The topological polar surface area (TPSA) is 67.1 Å². The Morgan fingerprint density at radius 3 is 2.71 bits per heavy atom. The van der Waals surface area contributed by atoms with Crippen LogP contribution < -0.4 is 10.6 Å².